The molecule has 3 fully saturated rings. The molecule has 6 aromatic heterocycles. The summed E-state index contributed by atoms with van der Waals surface area (Å²) in [5, 5.41) is 14.6. The average Bonchev–Trinajstić information content (AvgIpc) is 3.92. The Morgan fingerprint density at radius 3 is 2.46 bits per heavy atom. The van der Waals surface area contributed by atoms with Crippen molar-refractivity contribution in [3.63, 3.8) is 0 Å². The van der Waals surface area contributed by atoms with Crippen LogP contribution in [0.25, 0.3) is 39.0 Å². The van der Waals surface area contributed by atoms with Gasteiger partial charge in [0.15, 0.2) is 11.6 Å². The molecule has 12 rings (SSSR count). The quantitative estimate of drug-likeness (QED) is 0.193. The van der Waals surface area contributed by atoms with Crippen molar-refractivity contribution in [2.24, 2.45) is 13.0 Å². The van der Waals surface area contributed by atoms with Crippen LogP contribution in [-0.2, 0) is 28.5 Å². The Kier molecular flexibility index (Phi) is 8.97. The predicted molar refractivity (Wildman–Crippen MR) is 239 cm³/mol. The number of carbonyl (C=O) groups is 1. The number of aromatic amines is 1. The summed E-state index contributed by atoms with van der Waals surface area (Å²) >= 11 is 0. The normalized spacial score (nSPS) is 23.3. The van der Waals surface area contributed by atoms with Gasteiger partial charge in [-0.05, 0) is 100 Å². The monoisotopic (exact) mass is 911 g/mol. The Morgan fingerprint density at radius 1 is 0.955 bits per heavy atom. The van der Waals surface area contributed by atoms with E-state index in [0.29, 0.717) is 69.5 Å². The molecule has 5 atom stereocenters. The lowest BCUT2D eigenvalue weighted by atomic mass is 9.86. The molecule has 0 unspecified atom stereocenters. The molecule has 19 heteroatoms. The van der Waals surface area contributed by atoms with E-state index >= 15 is 13.6 Å². The lowest BCUT2D eigenvalue weighted by Gasteiger charge is -2.45. The zero-order chi connectivity index (χ0) is 46.4. The van der Waals surface area contributed by atoms with Gasteiger partial charge in [-0.15, -0.1) is 0 Å². The SMILES string of the molecule is Cc1cc(-n2nc3c(c2-n2ccn(-c4ccc5c(cnn5C)c4F)c2=O)[C@@H]2COC[C@H](C3)N2C(=O)c2cc3cc([C@H]4CCOC(C)(C)C4)ncc3n2[C@@]2(c3noc(=O)[nH]3)C[C@@H]2C)cc(C)c1F. The molecule has 3 aliphatic heterocycles. The minimum atomic E-state index is -0.923. The van der Waals surface area contributed by atoms with Gasteiger partial charge in [0, 0.05) is 55.0 Å². The van der Waals surface area contributed by atoms with Crippen molar-refractivity contribution >= 4 is 27.7 Å². The number of hydrogen-bond acceptors (Lipinski definition) is 10. The Bertz CT molecular complexity index is 3470. The van der Waals surface area contributed by atoms with Crippen LogP contribution in [0, 0.1) is 31.4 Å². The number of benzene rings is 2. The number of morpholine rings is 1. The number of pyridine rings is 1. The highest BCUT2D eigenvalue weighted by atomic mass is 19.1. The van der Waals surface area contributed by atoms with Crippen LogP contribution in [0.5, 0.6) is 0 Å². The maximum atomic E-state index is 16.2. The van der Waals surface area contributed by atoms with Gasteiger partial charge in [0.05, 0.1) is 76.8 Å². The summed E-state index contributed by atoms with van der Waals surface area (Å²) in [5.74, 6) is -1.26. The van der Waals surface area contributed by atoms with E-state index in [1.54, 1.807) is 54.7 Å². The van der Waals surface area contributed by atoms with E-state index in [1.165, 1.54) is 27.6 Å². The van der Waals surface area contributed by atoms with E-state index < -0.39 is 34.9 Å². The Hall–Kier alpha value is -6.99. The van der Waals surface area contributed by atoms with Gasteiger partial charge in [-0.1, -0.05) is 12.1 Å². The highest BCUT2D eigenvalue weighted by Crippen LogP contribution is 2.56. The third-order valence-corrected chi connectivity index (χ3v) is 14.6. The van der Waals surface area contributed by atoms with Gasteiger partial charge >= 0.3 is 11.4 Å². The van der Waals surface area contributed by atoms with Crippen molar-refractivity contribution in [3.8, 4) is 17.2 Å². The Morgan fingerprint density at radius 2 is 1.73 bits per heavy atom. The van der Waals surface area contributed by atoms with Crippen molar-refractivity contribution in [2.45, 2.75) is 89.4 Å². The lowest BCUT2D eigenvalue weighted by molar-refractivity contribution is -0.0597. The third kappa shape index (κ3) is 6.12. The number of H-pyrrole nitrogens is 1. The molecule has 8 aromatic rings. The molecule has 17 nitrogen and oxygen atoms in total. The molecule has 0 radical (unpaired) electrons. The highest BCUT2D eigenvalue weighted by Gasteiger charge is 2.59. The van der Waals surface area contributed by atoms with Crippen LogP contribution in [0.2, 0.25) is 0 Å². The van der Waals surface area contributed by atoms with Crippen molar-refractivity contribution < 1.29 is 27.6 Å². The summed E-state index contributed by atoms with van der Waals surface area (Å²) in [6.07, 6.45) is 8.70. The van der Waals surface area contributed by atoms with Gasteiger partial charge in [0.1, 0.15) is 22.9 Å². The molecule has 1 N–H and O–H groups in total. The third-order valence-electron chi connectivity index (χ3n) is 14.6. The summed E-state index contributed by atoms with van der Waals surface area (Å²) < 4.78 is 56.6. The molecule has 2 saturated heterocycles. The van der Waals surface area contributed by atoms with Gasteiger partial charge in [-0.2, -0.15) is 10.2 Å². The van der Waals surface area contributed by atoms with Crippen LogP contribution >= 0.6 is 0 Å². The second kappa shape index (κ2) is 14.5. The van der Waals surface area contributed by atoms with Crippen LogP contribution < -0.4 is 11.4 Å². The maximum Gasteiger partial charge on any atom is 0.438 e. The molecular weight excluding hydrogens is 865 g/mol. The number of amides is 1. The van der Waals surface area contributed by atoms with E-state index in [1.807, 2.05) is 28.7 Å². The summed E-state index contributed by atoms with van der Waals surface area (Å²) in [6, 6.07) is 9.30. The molecule has 4 aliphatic rings. The van der Waals surface area contributed by atoms with E-state index in [0.717, 1.165) is 23.9 Å². The Balaban J connectivity index is 1.03. The molecule has 1 aliphatic carbocycles. The average molecular weight is 912 g/mol. The fourth-order valence-corrected chi connectivity index (χ4v) is 11.3. The maximum absolute atomic E-state index is 16.2. The van der Waals surface area contributed by atoms with Gasteiger partial charge in [0.2, 0.25) is 0 Å². The van der Waals surface area contributed by atoms with Gasteiger partial charge < -0.3 is 18.9 Å². The number of halogens is 2. The first-order valence-electron chi connectivity index (χ1n) is 22.6. The first-order chi connectivity index (χ1) is 32.1. The van der Waals surface area contributed by atoms with E-state index in [9.17, 15) is 9.59 Å². The number of hydrogen-bond donors (Lipinski definition) is 1. The number of imidazole rings is 1. The van der Waals surface area contributed by atoms with Crippen LogP contribution in [0.3, 0.4) is 0 Å². The summed E-state index contributed by atoms with van der Waals surface area (Å²) in [4.78, 5) is 52.8. The second-order valence-corrected chi connectivity index (χ2v) is 19.3. The molecule has 67 heavy (non-hydrogen) atoms. The fourth-order valence-electron chi connectivity index (χ4n) is 11.3. The largest absolute Gasteiger partial charge is 0.438 e. The van der Waals surface area contributed by atoms with Crippen molar-refractivity contribution in [1.29, 1.82) is 0 Å². The Labute approximate surface area is 380 Å². The van der Waals surface area contributed by atoms with Crippen molar-refractivity contribution in [2.75, 3.05) is 19.8 Å². The predicted octanol–water partition coefficient (Wildman–Crippen LogP) is 6.22. The van der Waals surface area contributed by atoms with E-state index in [2.05, 4.69) is 35.2 Å². The highest BCUT2D eigenvalue weighted by molar-refractivity contribution is 6.00. The molecule has 1 saturated carbocycles. The first-order valence-corrected chi connectivity index (χ1v) is 22.6. The summed E-state index contributed by atoms with van der Waals surface area (Å²) in [6.45, 7) is 10.4. The minimum absolute atomic E-state index is 0.0261. The van der Waals surface area contributed by atoms with Crippen molar-refractivity contribution in [1.82, 2.24) is 53.3 Å². The van der Waals surface area contributed by atoms with Crippen LogP contribution in [-0.4, -0.2) is 90.7 Å². The lowest BCUT2D eigenvalue weighted by Crippen LogP contribution is -2.55. The first kappa shape index (κ1) is 41.4. The number of aromatic nitrogens is 10. The molecule has 0 spiro atoms. The summed E-state index contributed by atoms with van der Waals surface area (Å²) in [5.41, 5.74) is 3.19. The molecule has 2 bridgehead atoms. The zero-order valence-corrected chi connectivity index (χ0v) is 37.7. The van der Waals surface area contributed by atoms with Gasteiger partial charge in [-0.3, -0.25) is 33.1 Å². The van der Waals surface area contributed by atoms with Crippen molar-refractivity contribution in [3.05, 3.63) is 133 Å². The zero-order valence-electron chi connectivity index (χ0n) is 37.7. The number of rotatable bonds is 7. The molecule has 9 heterocycles. The smallest absolute Gasteiger partial charge is 0.377 e. The molecular formula is C48H47F2N11O6. The van der Waals surface area contributed by atoms with E-state index in [4.69, 9.17) is 24.1 Å². The van der Waals surface area contributed by atoms with Crippen LogP contribution in [0.4, 0.5) is 8.78 Å². The van der Waals surface area contributed by atoms with E-state index in [-0.39, 0.29) is 59.9 Å². The number of carbonyl (C=O) groups excluding carboxylic acids is 1. The van der Waals surface area contributed by atoms with Crippen LogP contribution in [0.1, 0.15) is 96.4 Å². The van der Waals surface area contributed by atoms with Gasteiger partial charge in [0.25, 0.3) is 5.91 Å². The number of aryl methyl sites for hydroxylation is 3. The second-order valence-electron chi connectivity index (χ2n) is 19.3. The topological polar surface area (TPSA) is 178 Å². The number of nitrogens with one attached hydrogen (secondary N) is 1. The minimum Gasteiger partial charge on any atom is -0.377 e. The summed E-state index contributed by atoms with van der Waals surface area (Å²) in [7, 11) is 1.71. The number of ether oxygens (including phenoxy) is 2. The standard InChI is InChI=1S/C48H47F2N11O6/c1-24-13-29(14-25(2)40(24)49)61-42(58-11-10-57(46(58)64)35-8-7-34-31(41(35)50)20-52-56(34)6)39-33(54-61)17-30-22-65-23-38(39)59(30)43(62)36-16-28-15-32(27-9-12-66-47(4,5)19-27)51-21-37(28)60(36)48(18-26(48)3)44-53-45(63)67-55-44/h7-8,10-11,13-16,20-21,26-27,30,38H,9,12,17-19,22-23H2,1-6H3,(H,53,55,63)/t26-,27-,30-,38-,48-/m0/s1. The molecule has 1 amide bonds. The fraction of sp³-hybridized carbons (Fsp3) is 0.396. The van der Waals surface area contributed by atoms with Crippen LogP contribution in [0.15, 0.2) is 75.3 Å². The molecule has 2 aromatic carbocycles. The van der Waals surface area contributed by atoms with Gasteiger partial charge in [-0.25, -0.2) is 23.1 Å². The number of nitrogens with zero attached hydrogens (tertiary/aromatic N) is 10. The molecule has 344 valence electrons. The number of fused-ring (bicyclic) bond motifs is 6.